The van der Waals surface area contributed by atoms with Gasteiger partial charge in [0.15, 0.2) is 6.61 Å². The van der Waals surface area contributed by atoms with Crippen molar-refractivity contribution in [2.24, 2.45) is 0 Å². The van der Waals surface area contributed by atoms with Crippen LogP contribution in [0, 0.1) is 0 Å². The molecule has 0 heterocycles. The second-order valence-electron chi connectivity index (χ2n) is 3.56. The number of rotatable bonds is 7. The van der Waals surface area contributed by atoms with Crippen molar-refractivity contribution in [3.05, 3.63) is 28.2 Å². The van der Waals surface area contributed by atoms with Gasteiger partial charge in [-0.2, -0.15) is 0 Å². The van der Waals surface area contributed by atoms with E-state index in [9.17, 15) is 4.79 Å². The fraction of sp³-hybridized carbons (Fsp3) is 0.417. The van der Waals surface area contributed by atoms with E-state index in [4.69, 9.17) is 32.7 Å². The van der Waals surface area contributed by atoms with Gasteiger partial charge in [-0.25, -0.2) is 0 Å². The molecule has 1 aromatic carbocycles. The van der Waals surface area contributed by atoms with Crippen LogP contribution in [0.1, 0.15) is 6.42 Å². The molecule has 0 spiro atoms. The van der Waals surface area contributed by atoms with Crippen molar-refractivity contribution in [2.75, 3.05) is 26.9 Å². The van der Waals surface area contributed by atoms with Gasteiger partial charge in [-0.1, -0.05) is 23.2 Å². The molecule has 0 atom stereocenters. The molecule has 1 aromatic rings. The van der Waals surface area contributed by atoms with E-state index in [1.54, 1.807) is 25.3 Å². The highest BCUT2D eigenvalue weighted by atomic mass is 35.5. The van der Waals surface area contributed by atoms with Gasteiger partial charge in [0.25, 0.3) is 5.91 Å². The molecule has 0 aliphatic heterocycles. The minimum Gasteiger partial charge on any atom is -0.484 e. The first kappa shape index (κ1) is 15.1. The minimum absolute atomic E-state index is 0.0507. The Morgan fingerprint density at radius 2 is 2.11 bits per heavy atom. The van der Waals surface area contributed by atoms with E-state index in [-0.39, 0.29) is 12.5 Å². The summed E-state index contributed by atoms with van der Waals surface area (Å²) in [7, 11) is 1.62. The molecule has 0 unspecified atom stereocenters. The Bertz CT molecular complexity index is 399. The second kappa shape index (κ2) is 8.19. The number of carbonyl (C=O) groups excluding carboxylic acids is 1. The van der Waals surface area contributed by atoms with Crippen LogP contribution in [0.5, 0.6) is 5.75 Å². The average molecular weight is 292 g/mol. The maximum absolute atomic E-state index is 11.4. The number of amides is 1. The second-order valence-corrected chi connectivity index (χ2v) is 4.38. The topological polar surface area (TPSA) is 47.6 Å². The lowest BCUT2D eigenvalue weighted by molar-refractivity contribution is -0.123. The van der Waals surface area contributed by atoms with E-state index in [1.165, 1.54) is 0 Å². The van der Waals surface area contributed by atoms with Gasteiger partial charge in [-0.3, -0.25) is 4.79 Å². The third kappa shape index (κ3) is 5.58. The predicted molar refractivity (Wildman–Crippen MR) is 71.5 cm³/mol. The van der Waals surface area contributed by atoms with Crippen LogP contribution in [0.4, 0.5) is 0 Å². The molecule has 0 aliphatic rings. The normalized spacial score (nSPS) is 10.2. The lowest BCUT2D eigenvalue weighted by Crippen LogP contribution is -2.30. The number of halogens is 2. The summed E-state index contributed by atoms with van der Waals surface area (Å²) >= 11 is 11.6. The van der Waals surface area contributed by atoms with Gasteiger partial charge in [-0.05, 0) is 18.6 Å². The van der Waals surface area contributed by atoms with E-state index in [2.05, 4.69) is 5.32 Å². The lowest BCUT2D eigenvalue weighted by Gasteiger charge is -2.08. The molecule has 100 valence electrons. The summed E-state index contributed by atoms with van der Waals surface area (Å²) in [5, 5.41) is 3.56. The Hall–Kier alpha value is -0.970. The standard InChI is InChI=1S/C12H15Cl2NO3/c1-17-6-2-5-15-12(16)8-18-9-3-4-10(13)11(14)7-9/h3-4,7H,2,5-6,8H2,1H3,(H,15,16). The Morgan fingerprint density at radius 1 is 1.33 bits per heavy atom. The van der Waals surface area contributed by atoms with Crippen molar-refractivity contribution < 1.29 is 14.3 Å². The number of nitrogens with one attached hydrogen (secondary N) is 1. The first-order valence-electron chi connectivity index (χ1n) is 5.47. The fourth-order valence-electron chi connectivity index (χ4n) is 1.21. The van der Waals surface area contributed by atoms with Gasteiger partial charge in [0.2, 0.25) is 0 Å². The maximum atomic E-state index is 11.4. The number of hydrogen-bond acceptors (Lipinski definition) is 3. The number of methoxy groups -OCH3 is 1. The van der Waals surface area contributed by atoms with E-state index < -0.39 is 0 Å². The van der Waals surface area contributed by atoms with Crippen LogP contribution in [0.15, 0.2) is 18.2 Å². The van der Waals surface area contributed by atoms with Gasteiger partial charge >= 0.3 is 0 Å². The Balaban J connectivity index is 2.27. The van der Waals surface area contributed by atoms with Crippen LogP contribution in [-0.2, 0) is 9.53 Å². The quantitative estimate of drug-likeness (QED) is 0.786. The molecule has 0 saturated heterocycles. The highest BCUT2D eigenvalue weighted by Gasteiger charge is 2.04. The third-order valence-electron chi connectivity index (χ3n) is 2.11. The predicted octanol–water partition coefficient (Wildman–Crippen LogP) is 2.52. The molecule has 0 aliphatic carbocycles. The maximum Gasteiger partial charge on any atom is 0.257 e. The molecule has 1 N–H and O–H groups in total. The van der Waals surface area contributed by atoms with Crippen LogP contribution in [-0.4, -0.2) is 32.8 Å². The summed E-state index contributed by atoms with van der Waals surface area (Å²) in [6.07, 6.45) is 0.773. The van der Waals surface area contributed by atoms with Gasteiger partial charge in [0.05, 0.1) is 10.0 Å². The van der Waals surface area contributed by atoms with Gasteiger partial charge in [0.1, 0.15) is 5.75 Å². The third-order valence-corrected chi connectivity index (χ3v) is 2.85. The molecule has 18 heavy (non-hydrogen) atoms. The van der Waals surface area contributed by atoms with E-state index >= 15 is 0 Å². The first-order chi connectivity index (χ1) is 8.63. The summed E-state index contributed by atoms with van der Waals surface area (Å²) < 4.78 is 10.1. The van der Waals surface area contributed by atoms with Crippen molar-refractivity contribution in [1.82, 2.24) is 5.32 Å². The van der Waals surface area contributed by atoms with Crippen molar-refractivity contribution >= 4 is 29.1 Å². The largest absolute Gasteiger partial charge is 0.484 e. The number of carbonyl (C=O) groups is 1. The van der Waals surface area contributed by atoms with Crippen LogP contribution in [0.25, 0.3) is 0 Å². The van der Waals surface area contributed by atoms with Crippen LogP contribution < -0.4 is 10.1 Å². The lowest BCUT2D eigenvalue weighted by atomic mass is 10.3. The zero-order valence-electron chi connectivity index (χ0n) is 10.0. The number of ether oxygens (including phenoxy) is 2. The molecular formula is C12H15Cl2NO3. The van der Waals surface area contributed by atoms with Crippen LogP contribution in [0.3, 0.4) is 0 Å². The SMILES string of the molecule is COCCCNC(=O)COc1ccc(Cl)c(Cl)c1. The Labute approximate surface area is 116 Å². The van der Waals surface area contributed by atoms with Crippen molar-refractivity contribution in [3.8, 4) is 5.75 Å². The molecule has 0 fully saturated rings. The van der Waals surface area contributed by atoms with Gasteiger partial charge in [0, 0.05) is 26.3 Å². The fourth-order valence-corrected chi connectivity index (χ4v) is 1.50. The molecule has 0 aromatic heterocycles. The van der Waals surface area contributed by atoms with Crippen molar-refractivity contribution in [1.29, 1.82) is 0 Å². The van der Waals surface area contributed by atoms with E-state index in [0.29, 0.717) is 28.9 Å². The van der Waals surface area contributed by atoms with Gasteiger partial charge < -0.3 is 14.8 Å². The highest BCUT2D eigenvalue weighted by molar-refractivity contribution is 6.42. The minimum atomic E-state index is -0.183. The average Bonchev–Trinajstić information content (AvgIpc) is 2.36. The molecule has 6 heteroatoms. The summed E-state index contributed by atoms with van der Waals surface area (Å²) in [6, 6.07) is 4.85. The summed E-state index contributed by atoms with van der Waals surface area (Å²) in [5.41, 5.74) is 0. The first-order valence-corrected chi connectivity index (χ1v) is 6.22. The van der Waals surface area contributed by atoms with E-state index in [0.717, 1.165) is 6.42 Å². The highest BCUT2D eigenvalue weighted by Crippen LogP contribution is 2.26. The molecular weight excluding hydrogens is 277 g/mol. The molecule has 0 saturated carbocycles. The Kier molecular flexibility index (Phi) is 6.86. The smallest absolute Gasteiger partial charge is 0.257 e. The van der Waals surface area contributed by atoms with E-state index in [1.807, 2.05) is 0 Å². The van der Waals surface area contributed by atoms with Crippen LogP contribution in [0.2, 0.25) is 10.0 Å². The monoisotopic (exact) mass is 291 g/mol. The zero-order chi connectivity index (χ0) is 13.4. The molecule has 1 amide bonds. The summed E-state index contributed by atoms with van der Waals surface area (Å²) in [6.45, 7) is 1.14. The Morgan fingerprint density at radius 3 is 2.78 bits per heavy atom. The molecule has 4 nitrogen and oxygen atoms in total. The van der Waals surface area contributed by atoms with Crippen LogP contribution >= 0.6 is 23.2 Å². The zero-order valence-corrected chi connectivity index (χ0v) is 11.6. The molecule has 0 bridgehead atoms. The summed E-state index contributed by atoms with van der Waals surface area (Å²) in [4.78, 5) is 11.4. The molecule has 1 rings (SSSR count). The summed E-state index contributed by atoms with van der Waals surface area (Å²) in [5.74, 6) is 0.327. The van der Waals surface area contributed by atoms with Crippen molar-refractivity contribution in [2.45, 2.75) is 6.42 Å². The van der Waals surface area contributed by atoms with Crippen molar-refractivity contribution in [3.63, 3.8) is 0 Å². The number of benzene rings is 1. The number of hydrogen-bond donors (Lipinski definition) is 1. The molecule has 0 radical (unpaired) electrons. The van der Waals surface area contributed by atoms with Gasteiger partial charge in [-0.15, -0.1) is 0 Å².